The van der Waals surface area contributed by atoms with Crippen LogP contribution in [-0.4, -0.2) is 55.0 Å². The summed E-state index contributed by atoms with van der Waals surface area (Å²) in [4.78, 5) is 18.6. The Hall–Kier alpha value is -1.35. The maximum absolute atomic E-state index is 11.7. The molecule has 2 unspecified atom stereocenters. The minimum atomic E-state index is 0. The average molecular weight is 513 g/mol. The molecule has 1 saturated heterocycles. The van der Waals surface area contributed by atoms with Crippen molar-refractivity contribution in [2.24, 2.45) is 4.99 Å². The fourth-order valence-electron chi connectivity index (χ4n) is 3.78. The second-order valence-corrected chi connectivity index (χ2v) is 8.12. The van der Waals surface area contributed by atoms with E-state index in [2.05, 4.69) is 63.1 Å². The second kappa shape index (κ2) is 12.4. The van der Waals surface area contributed by atoms with E-state index in [4.69, 9.17) is 0 Å². The molecule has 1 aliphatic heterocycles. The van der Waals surface area contributed by atoms with E-state index in [9.17, 15) is 4.79 Å². The largest absolute Gasteiger partial charge is 0.356 e. The molecule has 1 saturated carbocycles. The van der Waals surface area contributed by atoms with Crippen molar-refractivity contribution in [1.82, 2.24) is 20.9 Å². The second-order valence-electron chi connectivity index (χ2n) is 8.12. The third kappa shape index (κ3) is 8.50. The molecule has 1 aromatic rings. The standard InChI is InChI=1S/C22H35N5O.HI/c1-17-15-20(12-14-27(17)16-18-7-4-3-5-8-18)26-22(23-2)24-13-6-9-21(28)25-19-10-11-19;/h3-5,7-8,17,19-20H,6,9-16H2,1-2H3,(H,25,28)(H2,23,24,26);1H. The number of amides is 1. The third-order valence-electron chi connectivity index (χ3n) is 5.62. The Morgan fingerprint density at radius 1 is 1.14 bits per heavy atom. The number of halogens is 1. The van der Waals surface area contributed by atoms with Crippen LogP contribution < -0.4 is 16.0 Å². The molecule has 0 aromatic heterocycles. The van der Waals surface area contributed by atoms with Gasteiger partial charge in [-0.1, -0.05) is 30.3 Å². The van der Waals surface area contributed by atoms with Crippen LogP contribution >= 0.6 is 24.0 Å². The van der Waals surface area contributed by atoms with Crippen molar-refractivity contribution < 1.29 is 4.79 Å². The fourth-order valence-corrected chi connectivity index (χ4v) is 3.78. The van der Waals surface area contributed by atoms with E-state index in [1.165, 1.54) is 5.56 Å². The smallest absolute Gasteiger partial charge is 0.220 e. The maximum atomic E-state index is 11.7. The topological polar surface area (TPSA) is 68.8 Å². The van der Waals surface area contributed by atoms with Gasteiger partial charge in [0.1, 0.15) is 0 Å². The van der Waals surface area contributed by atoms with Gasteiger partial charge in [0, 0.05) is 51.2 Å². The Morgan fingerprint density at radius 3 is 2.55 bits per heavy atom. The van der Waals surface area contributed by atoms with Crippen molar-refractivity contribution in [3.8, 4) is 0 Å². The van der Waals surface area contributed by atoms with Gasteiger partial charge in [-0.3, -0.25) is 14.7 Å². The first-order valence-corrected chi connectivity index (χ1v) is 10.7. The van der Waals surface area contributed by atoms with Gasteiger partial charge in [-0.05, 0) is 44.6 Å². The maximum Gasteiger partial charge on any atom is 0.220 e. The molecule has 1 amide bonds. The number of rotatable bonds is 8. The molecular weight excluding hydrogens is 477 g/mol. The number of carbonyl (C=O) groups excluding carboxylic acids is 1. The number of piperidine rings is 1. The molecule has 2 aliphatic rings. The highest BCUT2D eigenvalue weighted by molar-refractivity contribution is 14.0. The van der Waals surface area contributed by atoms with Crippen LogP contribution in [0.3, 0.4) is 0 Å². The number of hydrogen-bond donors (Lipinski definition) is 3. The number of hydrogen-bond acceptors (Lipinski definition) is 3. The molecule has 0 spiro atoms. The summed E-state index contributed by atoms with van der Waals surface area (Å²) in [5.74, 6) is 1.02. The molecule has 29 heavy (non-hydrogen) atoms. The number of aliphatic imine (C=N–C) groups is 1. The van der Waals surface area contributed by atoms with Crippen LogP contribution in [-0.2, 0) is 11.3 Å². The summed E-state index contributed by atoms with van der Waals surface area (Å²) < 4.78 is 0. The van der Waals surface area contributed by atoms with Gasteiger partial charge in [0.05, 0.1) is 0 Å². The molecule has 1 aromatic carbocycles. The number of carbonyl (C=O) groups is 1. The molecule has 0 radical (unpaired) electrons. The molecule has 0 bridgehead atoms. The Morgan fingerprint density at radius 2 is 1.90 bits per heavy atom. The van der Waals surface area contributed by atoms with Crippen LogP contribution in [0.15, 0.2) is 35.3 Å². The summed E-state index contributed by atoms with van der Waals surface area (Å²) in [6, 6.07) is 12.1. The molecule has 3 N–H and O–H groups in total. The first-order chi connectivity index (χ1) is 13.6. The van der Waals surface area contributed by atoms with E-state index in [0.717, 1.165) is 57.7 Å². The number of likely N-dealkylation sites (tertiary alicyclic amines) is 1. The van der Waals surface area contributed by atoms with Crippen LogP contribution in [0.2, 0.25) is 0 Å². The number of nitrogens with one attached hydrogen (secondary N) is 3. The average Bonchev–Trinajstić information content (AvgIpc) is 3.51. The van der Waals surface area contributed by atoms with Gasteiger partial charge in [0.25, 0.3) is 0 Å². The zero-order valence-corrected chi connectivity index (χ0v) is 20.0. The molecule has 3 rings (SSSR count). The van der Waals surface area contributed by atoms with E-state index < -0.39 is 0 Å². The quantitative estimate of drug-likeness (QED) is 0.217. The van der Waals surface area contributed by atoms with Gasteiger partial charge in [-0.2, -0.15) is 0 Å². The van der Waals surface area contributed by atoms with E-state index in [-0.39, 0.29) is 29.9 Å². The zero-order valence-electron chi connectivity index (χ0n) is 17.7. The van der Waals surface area contributed by atoms with E-state index in [0.29, 0.717) is 24.5 Å². The van der Waals surface area contributed by atoms with Crippen molar-refractivity contribution in [3.05, 3.63) is 35.9 Å². The molecule has 1 aliphatic carbocycles. The van der Waals surface area contributed by atoms with Gasteiger partial charge in [-0.25, -0.2) is 0 Å². The lowest BCUT2D eigenvalue weighted by Crippen LogP contribution is -2.51. The predicted octanol–water partition coefficient (Wildman–Crippen LogP) is 2.88. The van der Waals surface area contributed by atoms with Gasteiger partial charge in [0.2, 0.25) is 5.91 Å². The number of nitrogens with zero attached hydrogens (tertiary/aromatic N) is 2. The van der Waals surface area contributed by atoms with Crippen molar-refractivity contribution in [3.63, 3.8) is 0 Å². The van der Waals surface area contributed by atoms with Gasteiger partial charge in [-0.15, -0.1) is 24.0 Å². The first kappa shape index (κ1) is 23.9. The monoisotopic (exact) mass is 513 g/mol. The lowest BCUT2D eigenvalue weighted by molar-refractivity contribution is -0.121. The van der Waals surface area contributed by atoms with E-state index in [1.807, 2.05) is 7.05 Å². The molecule has 2 atom stereocenters. The summed E-state index contributed by atoms with van der Waals surface area (Å²) in [6.45, 7) is 5.18. The number of guanidine groups is 1. The summed E-state index contributed by atoms with van der Waals surface area (Å²) in [5, 5.41) is 9.95. The Balaban J connectivity index is 0.00000300. The summed E-state index contributed by atoms with van der Waals surface area (Å²) in [5.41, 5.74) is 1.38. The Labute approximate surface area is 192 Å². The highest BCUT2D eigenvalue weighted by Crippen LogP contribution is 2.20. The Kier molecular flexibility index (Phi) is 10.2. The molecule has 6 nitrogen and oxygen atoms in total. The van der Waals surface area contributed by atoms with Crippen molar-refractivity contribution in [2.75, 3.05) is 20.1 Å². The van der Waals surface area contributed by atoms with Gasteiger partial charge < -0.3 is 16.0 Å². The molecular formula is C22H36IN5O. The molecule has 7 heteroatoms. The van der Waals surface area contributed by atoms with Crippen LogP contribution in [0.1, 0.15) is 51.0 Å². The van der Waals surface area contributed by atoms with Crippen molar-refractivity contribution in [2.45, 2.75) is 70.1 Å². The molecule has 162 valence electrons. The van der Waals surface area contributed by atoms with Gasteiger partial charge >= 0.3 is 0 Å². The zero-order chi connectivity index (χ0) is 19.8. The minimum Gasteiger partial charge on any atom is -0.356 e. The molecule has 2 fully saturated rings. The Bertz CT molecular complexity index is 650. The van der Waals surface area contributed by atoms with Crippen LogP contribution in [0.5, 0.6) is 0 Å². The van der Waals surface area contributed by atoms with Crippen LogP contribution in [0.25, 0.3) is 0 Å². The van der Waals surface area contributed by atoms with Crippen LogP contribution in [0.4, 0.5) is 0 Å². The predicted molar refractivity (Wildman–Crippen MR) is 130 cm³/mol. The minimum absolute atomic E-state index is 0. The fraction of sp³-hybridized carbons (Fsp3) is 0.636. The van der Waals surface area contributed by atoms with E-state index >= 15 is 0 Å². The first-order valence-electron chi connectivity index (χ1n) is 10.7. The SMILES string of the molecule is CN=C(NCCCC(=O)NC1CC1)NC1CCN(Cc2ccccc2)C(C)C1.I. The summed E-state index contributed by atoms with van der Waals surface area (Å²) in [6.07, 6.45) is 5.91. The van der Waals surface area contributed by atoms with Crippen molar-refractivity contribution in [1.29, 1.82) is 0 Å². The lowest BCUT2D eigenvalue weighted by Gasteiger charge is -2.38. The van der Waals surface area contributed by atoms with Gasteiger partial charge in [0.15, 0.2) is 5.96 Å². The summed E-state index contributed by atoms with van der Waals surface area (Å²) >= 11 is 0. The highest BCUT2D eigenvalue weighted by Gasteiger charge is 2.26. The normalized spacial score (nSPS) is 22.5. The van der Waals surface area contributed by atoms with E-state index in [1.54, 1.807) is 0 Å². The molecule has 1 heterocycles. The highest BCUT2D eigenvalue weighted by atomic mass is 127. The summed E-state index contributed by atoms with van der Waals surface area (Å²) in [7, 11) is 1.81. The third-order valence-corrected chi connectivity index (χ3v) is 5.62. The van der Waals surface area contributed by atoms with Crippen molar-refractivity contribution >= 4 is 35.8 Å². The number of benzene rings is 1. The lowest BCUT2D eigenvalue weighted by atomic mass is 9.97. The van der Waals surface area contributed by atoms with Crippen LogP contribution in [0, 0.1) is 0 Å².